The maximum absolute atomic E-state index is 12.2. The van der Waals surface area contributed by atoms with Crippen LogP contribution in [0.5, 0.6) is 0 Å². The molecule has 1 N–H and O–H groups in total. The molecule has 0 bridgehead atoms. The summed E-state index contributed by atoms with van der Waals surface area (Å²) in [7, 11) is 0. The van der Waals surface area contributed by atoms with Crippen molar-refractivity contribution in [2.45, 2.75) is 19.9 Å². The average molecular weight is 328 g/mol. The van der Waals surface area contributed by atoms with Gasteiger partial charge in [-0.3, -0.25) is 14.4 Å². The van der Waals surface area contributed by atoms with Gasteiger partial charge in [0, 0.05) is 25.8 Å². The Bertz CT molecular complexity index is 677. The summed E-state index contributed by atoms with van der Waals surface area (Å²) in [6.45, 7) is 7.34. The number of rotatable bonds is 6. The first kappa shape index (κ1) is 16.7. The molecule has 0 radical (unpaired) electrons. The van der Waals surface area contributed by atoms with E-state index in [1.54, 1.807) is 6.20 Å². The zero-order valence-corrected chi connectivity index (χ0v) is 14.1. The summed E-state index contributed by atoms with van der Waals surface area (Å²) in [6.07, 6.45) is 3.97. The maximum Gasteiger partial charge on any atom is 0.228 e. The smallest absolute Gasteiger partial charge is 0.228 e. The molecule has 1 fully saturated rings. The largest absolute Gasteiger partial charge is 0.379 e. The van der Waals surface area contributed by atoms with Crippen LogP contribution in [0.25, 0.3) is 0 Å². The lowest BCUT2D eigenvalue weighted by Gasteiger charge is -2.26. The van der Waals surface area contributed by atoms with E-state index in [1.165, 1.54) is 0 Å². The number of hydrogen-bond donors (Lipinski definition) is 1. The molecule has 1 amide bonds. The molecule has 0 atom stereocenters. The van der Waals surface area contributed by atoms with Crippen molar-refractivity contribution in [2.75, 3.05) is 38.2 Å². The predicted octanol–water partition coefficient (Wildman–Crippen LogP) is 1.70. The number of amides is 1. The second-order valence-electron chi connectivity index (χ2n) is 6.10. The molecule has 0 unspecified atom stereocenters. The monoisotopic (exact) mass is 328 g/mol. The molecule has 128 valence electrons. The molecule has 0 saturated carbocycles. The number of carbonyl (C=O) groups is 1. The van der Waals surface area contributed by atoms with E-state index < -0.39 is 0 Å². The van der Waals surface area contributed by atoms with Gasteiger partial charge in [0.15, 0.2) is 0 Å². The van der Waals surface area contributed by atoms with E-state index in [2.05, 4.69) is 15.3 Å². The van der Waals surface area contributed by atoms with Gasteiger partial charge < -0.3 is 10.1 Å². The van der Waals surface area contributed by atoms with Crippen LogP contribution in [0, 0.1) is 6.92 Å². The van der Waals surface area contributed by atoms with E-state index in [-0.39, 0.29) is 5.91 Å². The molecule has 1 saturated heterocycles. The number of aryl methyl sites for hydroxylation is 1. The highest BCUT2D eigenvalue weighted by Crippen LogP contribution is 2.10. The van der Waals surface area contributed by atoms with E-state index in [0.29, 0.717) is 6.42 Å². The van der Waals surface area contributed by atoms with Crippen molar-refractivity contribution >= 4 is 11.6 Å². The summed E-state index contributed by atoms with van der Waals surface area (Å²) in [5.41, 5.74) is 2.93. The van der Waals surface area contributed by atoms with Crippen LogP contribution in [0.3, 0.4) is 0 Å². The minimum atomic E-state index is -0.0166. The highest BCUT2D eigenvalue weighted by molar-refractivity contribution is 5.92. The van der Waals surface area contributed by atoms with Gasteiger partial charge in [-0.1, -0.05) is 24.3 Å². The fraction of sp³-hybridized carbons (Fsp3) is 0.444. The third-order valence-electron chi connectivity index (χ3n) is 4.28. The molecule has 1 aliphatic rings. The first-order valence-electron chi connectivity index (χ1n) is 8.37. The molecule has 1 aromatic heterocycles. The number of carbonyl (C=O) groups excluding carboxylic acids is 1. The van der Waals surface area contributed by atoms with Crippen molar-refractivity contribution in [1.29, 1.82) is 0 Å². The van der Waals surface area contributed by atoms with Gasteiger partial charge in [-0.2, -0.15) is 5.10 Å². The first-order valence-corrected chi connectivity index (χ1v) is 8.37. The second kappa shape index (κ2) is 8.08. The minimum absolute atomic E-state index is 0.0166. The van der Waals surface area contributed by atoms with E-state index in [9.17, 15) is 4.79 Å². The molecule has 2 aromatic rings. The van der Waals surface area contributed by atoms with Crippen LogP contribution in [0.15, 0.2) is 36.7 Å². The molecule has 2 heterocycles. The highest BCUT2D eigenvalue weighted by Gasteiger charge is 2.11. The fourth-order valence-corrected chi connectivity index (χ4v) is 2.81. The van der Waals surface area contributed by atoms with E-state index in [4.69, 9.17) is 4.74 Å². The Balaban J connectivity index is 1.48. The SMILES string of the molecule is Cc1ccccc1CC(=O)Nc1cnn(CCN2CCOCC2)c1. The number of ether oxygens (including phenoxy) is 1. The number of benzene rings is 1. The Labute approximate surface area is 142 Å². The first-order chi connectivity index (χ1) is 11.7. The third kappa shape index (κ3) is 4.66. The van der Waals surface area contributed by atoms with Crippen LogP contribution in [-0.2, 0) is 22.5 Å². The molecule has 6 heteroatoms. The number of morpholine rings is 1. The predicted molar refractivity (Wildman–Crippen MR) is 93.0 cm³/mol. The molecule has 3 rings (SSSR count). The molecule has 24 heavy (non-hydrogen) atoms. The zero-order valence-electron chi connectivity index (χ0n) is 14.1. The Hall–Kier alpha value is -2.18. The number of aromatic nitrogens is 2. The molecular formula is C18H24N4O2. The van der Waals surface area contributed by atoms with Crippen molar-refractivity contribution in [2.24, 2.45) is 0 Å². The summed E-state index contributed by atoms with van der Waals surface area (Å²) in [5, 5.41) is 7.24. The van der Waals surface area contributed by atoms with Gasteiger partial charge >= 0.3 is 0 Å². The van der Waals surface area contributed by atoms with Crippen molar-refractivity contribution < 1.29 is 9.53 Å². The van der Waals surface area contributed by atoms with Gasteiger partial charge in [0.05, 0.1) is 38.1 Å². The Kier molecular flexibility index (Phi) is 5.61. The minimum Gasteiger partial charge on any atom is -0.379 e. The molecule has 6 nitrogen and oxygen atoms in total. The molecular weight excluding hydrogens is 304 g/mol. The van der Waals surface area contributed by atoms with Crippen LogP contribution in [0.4, 0.5) is 5.69 Å². The van der Waals surface area contributed by atoms with E-state index in [1.807, 2.05) is 42.1 Å². The summed E-state index contributed by atoms with van der Waals surface area (Å²) < 4.78 is 7.22. The topological polar surface area (TPSA) is 59.4 Å². The molecule has 1 aromatic carbocycles. The fourth-order valence-electron chi connectivity index (χ4n) is 2.81. The Morgan fingerprint density at radius 3 is 2.83 bits per heavy atom. The second-order valence-corrected chi connectivity index (χ2v) is 6.10. The lowest BCUT2D eigenvalue weighted by Crippen LogP contribution is -2.38. The van der Waals surface area contributed by atoms with Gasteiger partial charge in [0.25, 0.3) is 0 Å². The summed E-state index contributed by atoms with van der Waals surface area (Å²) >= 11 is 0. The summed E-state index contributed by atoms with van der Waals surface area (Å²) in [6, 6.07) is 7.95. The van der Waals surface area contributed by atoms with Crippen LogP contribution >= 0.6 is 0 Å². The van der Waals surface area contributed by atoms with Crippen molar-refractivity contribution in [3.8, 4) is 0 Å². The van der Waals surface area contributed by atoms with Crippen molar-refractivity contribution in [1.82, 2.24) is 14.7 Å². The van der Waals surface area contributed by atoms with Gasteiger partial charge in [-0.15, -0.1) is 0 Å². The third-order valence-corrected chi connectivity index (χ3v) is 4.28. The standard InChI is InChI=1S/C18H24N4O2/c1-15-4-2-3-5-16(15)12-18(23)20-17-13-19-22(14-17)7-6-21-8-10-24-11-9-21/h2-5,13-14H,6-12H2,1H3,(H,20,23). The van der Waals surface area contributed by atoms with Gasteiger partial charge in [0.2, 0.25) is 5.91 Å². The van der Waals surface area contributed by atoms with Crippen molar-refractivity contribution in [3.63, 3.8) is 0 Å². The highest BCUT2D eigenvalue weighted by atomic mass is 16.5. The molecule has 0 spiro atoms. The summed E-state index contributed by atoms with van der Waals surface area (Å²) in [5.74, 6) is -0.0166. The number of nitrogens with zero attached hydrogens (tertiary/aromatic N) is 3. The number of hydrogen-bond acceptors (Lipinski definition) is 4. The lowest BCUT2D eigenvalue weighted by atomic mass is 10.1. The van der Waals surface area contributed by atoms with E-state index >= 15 is 0 Å². The van der Waals surface area contributed by atoms with Gasteiger partial charge in [-0.25, -0.2) is 0 Å². The normalized spacial score (nSPS) is 15.4. The van der Waals surface area contributed by atoms with Crippen LogP contribution in [-0.4, -0.2) is 53.4 Å². The maximum atomic E-state index is 12.2. The van der Waals surface area contributed by atoms with E-state index in [0.717, 1.165) is 56.2 Å². The Morgan fingerprint density at radius 1 is 1.25 bits per heavy atom. The summed E-state index contributed by atoms with van der Waals surface area (Å²) in [4.78, 5) is 14.5. The van der Waals surface area contributed by atoms with Gasteiger partial charge in [0.1, 0.15) is 0 Å². The van der Waals surface area contributed by atoms with Crippen LogP contribution in [0.2, 0.25) is 0 Å². The zero-order chi connectivity index (χ0) is 16.8. The number of nitrogens with one attached hydrogen (secondary N) is 1. The average Bonchev–Trinajstić information content (AvgIpc) is 3.03. The quantitative estimate of drug-likeness (QED) is 0.877. The number of anilines is 1. The molecule has 0 aliphatic carbocycles. The Morgan fingerprint density at radius 2 is 2.04 bits per heavy atom. The van der Waals surface area contributed by atoms with Crippen molar-refractivity contribution in [3.05, 3.63) is 47.8 Å². The van der Waals surface area contributed by atoms with Crippen LogP contribution in [0.1, 0.15) is 11.1 Å². The van der Waals surface area contributed by atoms with Gasteiger partial charge in [-0.05, 0) is 18.1 Å². The lowest BCUT2D eigenvalue weighted by molar-refractivity contribution is -0.115. The van der Waals surface area contributed by atoms with Crippen LogP contribution < -0.4 is 5.32 Å². The molecule has 1 aliphatic heterocycles.